The molecule has 0 bridgehead atoms. The first-order valence-electron chi connectivity index (χ1n) is 10.8. The van der Waals surface area contributed by atoms with Crippen molar-refractivity contribution < 1.29 is 9.53 Å². The number of guanidine groups is 1. The second-order valence-electron chi connectivity index (χ2n) is 7.78. The average molecular weight is 434 g/mol. The quantitative estimate of drug-likeness (QED) is 0.421. The Morgan fingerprint density at radius 1 is 1.12 bits per heavy atom. The SMILES string of the molecule is CCCn1cc(CN=C(NC(=O)c2ccc(C)c(C)c2)Nc2cccc(OC)c2)c(C)n1. The van der Waals surface area contributed by atoms with Crippen LogP contribution in [0.4, 0.5) is 5.69 Å². The summed E-state index contributed by atoms with van der Waals surface area (Å²) in [6.45, 7) is 9.37. The number of anilines is 1. The van der Waals surface area contributed by atoms with Crippen LogP contribution in [0.3, 0.4) is 0 Å². The molecule has 0 saturated heterocycles. The van der Waals surface area contributed by atoms with Crippen LogP contribution >= 0.6 is 0 Å². The Labute approximate surface area is 189 Å². The minimum absolute atomic E-state index is 0.222. The number of hydrogen-bond donors (Lipinski definition) is 2. The van der Waals surface area contributed by atoms with Gasteiger partial charge in [0.15, 0.2) is 0 Å². The van der Waals surface area contributed by atoms with E-state index in [1.54, 1.807) is 7.11 Å². The van der Waals surface area contributed by atoms with Gasteiger partial charge in [-0.2, -0.15) is 5.10 Å². The molecule has 2 N–H and O–H groups in total. The Bertz CT molecular complexity index is 1120. The van der Waals surface area contributed by atoms with Crippen molar-refractivity contribution in [3.8, 4) is 5.75 Å². The maximum atomic E-state index is 12.9. The molecule has 0 aliphatic carbocycles. The van der Waals surface area contributed by atoms with Gasteiger partial charge in [0, 0.05) is 35.6 Å². The molecule has 2 aromatic carbocycles. The van der Waals surface area contributed by atoms with Crippen LogP contribution in [0, 0.1) is 20.8 Å². The van der Waals surface area contributed by atoms with Crippen molar-refractivity contribution in [1.29, 1.82) is 0 Å². The van der Waals surface area contributed by atoms with Gasteiger partial charge in [-0.05, 0) is 62.6 Å². The molecule has 7 heteroatoms. The molecule has 0 atom stereocenters. The highest BCUT2D eigenvalue weighted by Gasteiger charge is 2.12. The zero-order valence-electron chi connectivity index (χ0n) is 19.4. The van der Waals surface area contributed by atoms with Crippen molar-refractivity contribution in [2.45, 2.75) is 47.2 Å². The summed E-state index contributed by atoms with van der Waals surface area (Å²) in [6, 6.07) is 13.1. The zero-order valence-corrected chi connectivity index (χ0v) is 19.4. The maximum Gasteiger partial charge on any atom is 0.257 e. The number of ether oxygens (including phenoxy) is 1. The summed E-state index contributed by atoms with van der Waals surface area (Å²) in [5, 5.41) is 10.7. The van der Waals surface area contributed by atoms with Crippen LogP contribution in [0.25, 0.3) is 0 Å². The van der Waals surface area contributed by atoms with Crippen LogP contribution in [0.1, 0.15) is 46.1 Å². The van der Waals surface area contributed by atoms with Crippen molar-refractivity contribution in [2.75, 3.05) is 12.4 Å². The van der Waals surface area contributed by atoms with Crippen LogP contribution < -0.4 is 15.4 Å². The summed E-state index contributed by atoms with van der Waals surface area (Å²) < 4.78 is 7.24. The van der Waals surface area contributed by atoms with Crippen LogP contribution in [-0.4, -0.2) is 28.8 Å². The maximum absolute atomic E-state index is 12.9. The van der Waals surface area contributed by atoms with Gasteiger partial charge in [0.05, 0.1) is 19.3 Å². The molecule has 0 aliphatic rings. The van der Waals surface area contributed by atoms with E-state index in [4.69, 9.17) is 4.74 Å². The van der Waals surface area contributed by atoms with Crippen molar-refractivity contribution >= 4 is 17.6 Å². The van der Waals surface area contributed by atoms with Gasteiger partial charge in [0.25, 0.3) is 5.91 Å². The van der Waals surface area contributed by atoms with E-state index in [2.05, 4.69) is 27.6 Å². The summed E-state index contributed by atoms with van der Waals surface area (Å²) >= 11 is 0. The summed E-state index contributed by atoms with van der Waals surface area (Å²) in [7, 11) is 1.62. The Balaban J connectivity index is 1.85. The van der Waals surface area contributed by atoms with Crippen LogP contribution in [0.15, 0.2) is 53.7 Å². The third-order valence-electron chi connectivity index (χ3n) is 5.24. The van der Waals surface area contributed by atoms with Crippen LogP contribution in [-0.2, 0) is 13.1 Å². The molecule has 1 aromatic heterocycles. The smallest absolute Gasteiger partial charge is 0.257 e. The first kappa shape index (κ1) is 23.1. The van der Waals surface area contributed by atoms with Crippen molar-refractivity contribution in [2.24, 2.45) is 4.99 Å². The van der Waals surface area contributed by atoms with Gasteiger partial charge in [-0.15, -0.1) is 0 Å². The molecule has 0 fully saturated rings. The summed E-state index contributed by atoms with van der Waals surface area (Å²) in [5.74, 6) is 0.858. The minimum atomic E-state index is -0.222. The topological polar surface area (TPSA) is 80.5 Å². The van der Waals surface area contributed by atoms with Gasteiger partial charge in [0.1, 0.15) is 5.75 Å². The number of aryl methyl sites for hydroxylation is 4. The number of aromatic nitrogens is 2. The fourth-order valence-electron chi connectivity index (χ4n) is 3.23. The third kappa shape index (κ3) is 5.97. The molecule has 0 spiro atoms. The normalized spacial score (nSPS) is 11.3. The molecule has 168 valence electrons. The van der Waals surface area contributed by atoms with E-state index < -0.39 is 0 Å². The number of benzene rings is 2. The Morgan fingerprint density at radius 2 is 1.94 bits per heavy atom. The zero-order chi connectivity index (χ0) is 23.1. The minimum Gasteiger partial charge on any atom is -0.497 e. The molecule has 3 rings (SSSR count). The lowest BCUT2D eigenvalue weighted by Crippen LogP contribution is -2.36. The number of methoxy groups -OCH3 is 1. The lowest BCUT2D eigenvalue weighted by Gasteiger charge is -2.13. The number of nitrogens with one attached hydrogen (secondary N) is 2. The number of hydrogen-bond acceptors (Lipinski definition) is 4. The molecule has 0 saturated carbocycles. The fraction of sp³-hybridized carbons (Fsp3) is 0.320. The Morgan fingerprint density at radius 3 is 2.66 bits per heavy atom. The Kier molecular flexibility index (Phi) is 7.65. The van der Waals surface area contributed by atoms with Crippen molar-refractivity contribution in [1.82, 2.24) is 15.1 Å². The molecular formula is C25H31N5O2. The first-order chi connectivity index (χ1) is 15.4. The number of rotatable bonds is 7. The van der Waals surface area contributed by atoms with Gasteiger partial charge >= 0.3 is 0 Å². The second-order valence-corrected chi connectivity index (χ2v) is 7.78. The fourth-order valence-corrected chi connectivity index (χ4v) is 3.23. The van der Waals surface area contributed by atoms with Crippen molar-refractivity contribution in [3.05, 3.63) is 76.6 Å². The van der Waals surface area contributed by atoms with Gasteiger partial charge < -0.3 is 10.1 Å². The van der Waals surface area contributed by atoms with E-state index in [-0.39, 0.29) is 5.91 Å². The predicted octanol–water partition coefficient (Wildman–Crippen LogP) is 4.63. The summed E-state index contributed by atoms with van der Waals surface area (Å²) in [5.41, 5.74) is 5.51. The number of amides is 1. The highest BCUT2D eigenvalue weighted by molar-refractivity contribution is 6.10. The van der Waals surface area contributed by atoms with Gasteiger partial charge in [-0.3, -0.25) is 14.8 Å². The number of aliphatic imine (C=N–C) groups is 1. The number of carbonyl (C=O) groups excluding carboxylic acids is 1. The standard InChI is InChI=1S/C25H31N5O2/c1-6-12-30-16-21(19(4)29-30)15-26-25(27-22-8-7-9-23(14-22)32-5)28-24(31)20-11-10-17(2)18(3)13-20/h7-11,13-14,16H,6,12,15H2,1-5H3,(H2,26,27,28,31). The van der Waals surface area contributed by atoms with E-state index in [1.807, 2.05) is 74.1 Å². The van der Waals surface area contributed by atoms with Gasteiger partial charge in [-0.25, -0.2) is 4.99 Å². The third-order valence-corrected chi connectivity index (χ3v) is 5.24. The summed E-state index contributed by atoms with van der Waals surface area (Å²) in [6.07, 6.45) is 3.02. The first-order valence-corrected chi connectivity index (χ1v) is 10.8. The highest BCUT2D eigenvalue weighted by atomic mass is 16.5. The molecule has 3 aromatic rings. The van der Waals surface area contributed by atoms with E-state index >= 15 is 0 Å². The molecule has 1 heterocycles. The van der Waals surface area contributed by atoms with E-state index in [0.717, 1.165) is 41.0 Å². The van der Waals surface area contributed by atoms with Crippen LogP contribution in [0.2, 0.25) is 0 Å². The number of carbonyl (C=O) groups is 1. The van der Waals surface area contributed by atoms with Gasteiger partial charge in [0.2, 0.25) is 5.96 Å². The average Bonchev–Trinajstić information content (AvgIpc) is 3.13. The lowest BCUT2D eigenvalue weighted by molar-refractivity contribution is 0.0977. The van der Waals surface area contributed by atoms with E-state index in [1.165, 1.54) is 0 Å². The van der Waals surface area contributed by atoms with Gasteiger partial charge in [-0.1, -0.05) is 19.1 Å². The number of nitrogens with zero attached hydrogens (tertiary/aromatic N) is 3. The second kappa shape index (κ2) is 10.6. The monoisotopic (exact) mass is 433 g/mol. The Hall–Kier alpha value is -3.61. The molecule has 32 heavy (non-hydrogen) atoms. The summed E-state index contributed by atoms with van der Waals surface area (Å²) in [4.78, 5) is 17.6. The van der Waals surface area contributed by atoms with E-state index in [9.17, 15) is 4.79 Å². The lowest BCUT2D eigenvalue weighted by atomic mass is 10.1. The molecule has 7 nitrogen and oxygen atoms in total. The molecular weight excluding hydrogens is 402 g/mol. The largest absolute Gasteiger partial charge is 0.497 e. The highest BCUT2D eigenvalue weighted by Crippen LogP contribution is 2.17. The molecule has 1 amide bonds. The predicted molar refractivity (Wildman–Crippen MR) is 128 cm³/mol. The van der Waals surface area contributed by atoms with Crippen LogP contribution in [0.5, 0.6) is 5.75 Å². The molecule has 0 unspecified atom stereocenters. The van der Waals surface area contributed by atoms with E-state index in [0.29, 0.717) is 23.8 Å². The van der Waals surface area contributed by atoms with Crippen molar-refractivity contribution in [3.63, 3.8) is 0 Å². The molecule has 0 radical (unpaired) electrons. The molecule has 0 aliphatic heterocycles.